The number of carboxylic acids is 1. The van der Waals surface area contributed by atoms with Crippen molar-refractivity contribution in [2.45, 2.75) is 53.1 Å². The number of nitrogens with zero attached hydrogens (tertiary/aromatic N) is 5. The average molecular weight is 601 g/mol. The lowest BCUT2D eigenvalue weighted by Crippen LogP contribution is -2.37. The van der Waals surface area contributed by atoms with E-state index in [1.54, 1.807) is 12.1 Å². The molecule has 3 heterocycles. The Labute approximate surface area is 259 Å². The number of ether oxygens (including phenoxy) is 1. The Bertz CT molecular complexity index is 1560. The first kappa shape index (κ1) is 31.3. The maximum Gasteiger partial charge on any atom is 0.303 e. The molecule has 10 heteroatoms. The van der Waals surface area contributed by atoms with E-state index < -0.39 is 5.97 Å². The Balaban J connectivity index is 1.42. The van der Waals surface area contributed by atoms with Crippen molar-refractivity contribution in [3.05, 3.63) is 76.6 Å². The Morgan fingerprint density at radius 3 is 2.52 bits per heavy atom. The molecule has 2 aromatic heterocycles. The van der Waals surface area contributed by atoms with Crippen LogP contribution in [0.3, 0.4) is 0 Å². The van der Waals surface area contributed by atoms with Gasteiger partial charge in [0.1, 0.15) is 11.4 Å². The monoisotopic (exact) mass is 600 g/mol. The predicted molar refractivity (Wildman–Crippen MR) is 174 cm³/mol. The predicted octanol–water partition coefficient (Wildman–Crippen LogP) is 5.12. The van der Waals surface area contributed by atoms with Gasteiger partial charge < -0.3 is 29.7 Å². The zero-order chi connectivity index (χ0) is 31.1. The minimum absolute atomic E-state index is 0.126. The van der Waals surface area contributed by atoms with Gasteiger partial charge >= 0.3 is 5.97 Å². The van der Waals surface area contributed by atoms with E-state index in [0.29, 0.717) is 31.7 Å². The molecule has 234 valence electrons. The Morgan fingerprint density at radius 2 is 1.77 bits per heavy atom. The van der Waals surface area contributed by atoms with E-state index in [1.165, 1.54) is 11.1 Å². The van der Waals surface area contributed by atoms with E-state index in [4.69, 9.17) is 9.72 Å². The minimum Gasteiger partial charge on any atom is -0.506 e. The summed E-state index contributed by atoms with van der Waals surface area (Å²) in [5.41, 5.74) is 7.77. The zero-order valence-electron chi connectivity index (χ0n) is 26.1. The summed E-state index contributed by atoms with van der Waals surface area (Å²) in [6.07, 6.45) is 1.66. The lowest BCUT2D eigenvalue weighted by molar-refractivity contribution is -0.137. The molecule has 1 aliphatic rings. The van der Waals surface area contributed by atoms with Crippen molar-refractivity contribution in [3.63, 3.8) is 0 Å². The molecule has 1 saturated heterocycles. The zero-order valence-corrected chi connectivity index (χ0v) is 26.1. The summed E-state index contributed by atoms with van der Waals surface area (Å²) < 4.78 is 7.57. The first-order valence-electron chi connectivity index (χ1n) is 15.5. The number of carboxylic acid groups (broad SMARTS) is 1. The number of hydrogen-bond donors (Lipinski definition) is 3. The van der Waals surface area contributed by atoms with Gasteiger partial charge in [-0.3, -0.25) is 14.7 Å². The van der Waals surface area contributed by atoms with Crippen LogP contribution in [-0.2, 0) is 22.6 Å². The van der Waals surface area contributed by atoms with Crippen LogP contribution < -0.4 is 10.2 Å². The molecule has 0 amide bonds. The van der Waals surface area contributed by atoms with Gasteiger partial charge in [-0.05, 0) is 93.2 Å². The molecule has 0 saturated carbocycles. The average Bonchev–Trinajstić information content (AvgIpc) is 3.32. The fourth-order valence-corrected chi connectivity index (χ4v) is 5.83. The first-order chi connectivity index (χ1) is 21.2. The van der Waals surface area contributed by atoms with Crippen LogP contribution in [0.1, 0.15) is 47.3 Å². The smallest absolute Gasteiger partial charge is 0.303 e. The fourth-order valence-electron chi connectivity index (χ4n) is 5.83. The summed E-state index contributed by atoms with van der Waals surface area (Å²) in [5, 5.41) is 23.5. The third kappa shape index (κ3) is 8.27. The lowest BCUT2D eigenvalue weighted by atomic mass is 10.1. The molecule has 0 atom stereocenters. The summed E-state index contributed by atoms with van der Waals surface area (Å²) in [6, 6.07) is 16.2. The van der Waals surface area contributed by atoms with Gasteiger partial charge in [0.25, 0.3) is 0 Å². The molecule has 0 radical (unpaired) electrons. The second-order valence-corrected chi connectivity index (χ2v) is 11.8. The molecule has 3 N–H and O–H groups in total. The minimum atomic E-state index is -0.784. The standard InChI is InChI=1S/C34H44N6O4/c1-24-18-25(2)20-28(19-24)39(13-4-6-33(42)43)22-27-8-9-29-31(21-27)40(23-30-32(41)10-7-26(3)36-30)34(37-29)35-11-5-12-38-14-16-44-17-15-38/h7-10,18-21,41H,4-6,11-17,22-23H2,1-3H3,(H,35,37)(H,42,43). The number of aliphatic carboxylic acids is 1. The Hall–Kier alpha value is -4.15. The van der Waals surface area contributed by atoms with Crippen LogP contribution in [0.15, 0.2) is 48.5 Å². The largest absolute Gasteiger partial charge is 0.506 e. The van der Waals surface area contributed by atoms with Gasteiger partial charge in [-0.2, -0.15) is 0 Å². The Kier molecular flexibility index (Phi) is 10.3. The van der Waals surface area contributed by atoms with Crippen molar-refractivity contribution in [1.82, 2.24) is 19.4 Å². The maximum atomic E-state index is 11.3. The second kappa shape index (κ2) is 14.5. The number of anilines is 2. The highest BCUT2D eigenvalue weighted by molar-refractivity contribution is 5.80. The summed E-state index contributed by atoms with van der Waals surface area (Å²) in [5.74, 6) is 0.120. The van der Waals surface area contributed by atoms with Crippen LogP contribution in [-0.4, -0.2) is 81.6 Å². The number of nitrogens with one attached hydrogen (secondary N) is 1. The number of carbonyl (C=O) groups is 1. The highest BCUT2D eigenvalue weighted by Crippen LogP contribution is 2.27. The molecular formula is C34H44N6O4. The van der Waals surface area contributed by atoms with Crippen LogP contribution in [0.5, 0.6) is 5.75 Å². The third-order valence-corrected chi connectivity index (χ3v) is 8.01. The highest BCUT2D eigenvalue weighted by Gasteiger charge is 2.17. The molecule has 4 aromatic rings. The molecule has 0 bridgehead atoms. The van der Waals surface area contributed by atoms with Crippen LogP contribution >= 0.6 is 0 Å². The third-order valence-electron chi connectivity index (χ3n) is 8.01. The van der Waals surface area contributed by atoms with Gasteiger partial charge in [0.15, 0.2) is 0 Å². The molecule has 5 rings (SSSR count). The van der Waals surface area contributed by atoms with Crippen LogP contribution in [0.2, 0.25) is 0 Å². The van der Waals surface area contributed by atoms with Gasteiger partial charge in [0, 0.05) is 50.5 Å². The van der Waals surface area contributed by atoms with Crippen molar-refractivity contribution in [3.8, 4) is 5.75 Å². The lowest BCUT2D eigenvalue weighted by Gasteiger charge is -2.26. The number of pyridine rings is 1. The normalized spacial score (nSPS) is 13.8. The molecule has 1 fully saturated rings. The molecule has 44 heavy (non-hydrogen) atoms. The molecule has 2 aromatic carbocycles. The molecule has 1 aliphatic heterocycles. The quantitative estimate of drug-likeness (QED) is 0.170. The Morgan fingerprint density at radius 1 is 1.00 bits per heavy atom. The molecule has 0 spiro atoms. The van der Waals surface area contributed by atoms with Crippen molar-refractivity contribution in [2.75, 3.05) is 56.2 Å². The number of aromatic hydroxyl groups is 1. The topological polar surface area (TPSA) is 116 Å². The number of morpholine rings is 1. The van der Waals surface area contributed by atoms with E-state index in [-0.39, 0.29) is 12.2 Å². The summed E-state index contributed by atoms with van der Waals surface area (Å²) in [4.78, 5) is 25.5. The van der Waals surface area contributed by atoms with Crippen molar-refractivity contribution in [2.24, 2.45) is 0 Å². The summed E-state index contributed by atoms with van der Waals surface area (Å²) in [7, 11) is 0. The second-order valence-electron chi connectivity index (χ2n) is 11.8. The fraction of sp³-hybridized carbons (Fsp3) is 0.441. The SMILES string of the molecule is Cc1cc(C)cc(N(CCCC(=O)O)Cc2ccc3nc(NCCCN4CCOCC4)n(Cc4nc(C)ccc4O)c3c2)c1. The molecule has 0 unspecified atom stereocenters. The van der Waals surface area contributed by atoms with E-state index in [9.17, 15) is 15.0 Å². The van der Waals surface area contributed by atoms with Crippen molar-refractivity contribution < 1.29 is 19.7 Å². The van der Waals surface area contributed by atoms with Crippen LogP contribution in [0, 0.1) is 20.8 Å². The van der Waals surface area contributed by atoms with Gasteiger partial charge in [-0.1, -0.05) is 12.1 Å². The van der Waals surface area contributed by atoms with Crippen LogP contribution in [0.4, 0.5) is 11.6 Å². The van der Waals surface area contributed by atoms with Crippen molar-refractivity contribution in [1.29, 1.82) is 0 Å². The van der Waals surface area contributed by atoms with Gasteiger partial charge in [-0.15, -0.1) is 0 Å². The molecular weight excluding hydrogens is 556 g/mol. The summed E-state index contributed by atoms with van der Waals surface area (Å²) >= 11 is 0. The van der Waals surface area contributed by atoms with Gasteiger partial charge in [-0.25, -0.2) is 4.98 Å². The highest BCUT2D eigenvalue weighted by atomic mass is 16.5. The molecule has 0 aliphatic carbocycles. The van der Waals surface area contributed by atoms with E-state index in [2.05, 4.69) is 68.8 Å². The van der Waals surface area contributed by atoms with Crippen LogP contribution in [0.25, 0.3) is 11.0 Å². The van der Waals surface area contributed by atoms with Gasteiger partial charge in [0.2, 0.25) is 5.95 Å². The molecule has 10 nitrogen and oxygen atoms in total. The van der Waals surface area contributed by atoms with E-state index >= 15 is 0 Å². The number of imidazole rings is 1. The van der Waals surface area contributed by atoms with Crippen molar-refractivity contribution >= 4 is 28.6 Å². The summed E-state index contributed by atoms with van der Waals surface area (Å²) in [6.45, 7) is 13.0. The maximum absolute atomic E-state index is 11.3. The van der Waals surface area contributed by atoms with Gasteiger partial charge in [0.05, 0.1) is 30.8 Å². The number of rotatable bonds is 14. The number of aryl methyl sites for hydroxylation is 3. The number of fused-ring (bicyclic) bond motifs is 1. The first-order valence-corrected chi connectivity index (χ1v) is 15.5. The van der Waals surface area contributed by atoms with E-state index in [0.717, 1.165) is 79.7 Å². The van der Waals surface area contributed by atoms with E-state index in [1.807, 2.05) is 13.0 Å². The number of benzene rings is 2. The number of aromatic nitrogens is 3. The number of hydrogen-bond acceptors (Lipinski definition) is 8.